The fourth-order valence-corrected chi connectivity index (χ4v) is 2.37. The van der Waals surface area contributed by atoms with Gasteiger partial charge in [0.2, 0.25) is 0 Å². The highest BCUT2D eigenvalue weighted by atomic mass is 19.1. The van der Waals surface area contributed by atoms with Crippen LogP contribution >= 0.6 is 0 Å². The number of hydrogen-bond donors (Lipinski definition) is 2. The van der Waals surface area contributed by atoms with E-state index in [2.05, 4.69) is 9.97 Å². The van der Waals surface area contributed by atoms with Gasteiger partial charge in [0.05, 0.1) is 5.39 Å². The lowest BCUT2D eigenvalue weighted by Crippen LogP contribution is -1.98. The van der Waals surface area contributed by atoms with Crippen molar-refractivity contribution >= 4 is 22.5 Å². The normalized spacial score (nSPS) is 11.2. The molecule has 0 spiro atoms. The van der Waals surface area contributed by atoms with E-state index in [0.29, 0.717) is 39.5 Å². The lowest BCUT2D eigenvalue weighted by molar-refractivity contribution is 0.632. The molecule has 4 N–H and O–H groups in total. The number of nitrogens with zero attached hydrogens (tertiary/aromatic N) is 3. The molecule has 1 aromatic carbocycles. The Kier molecular flexibility index (Phi) is 2.60. The zero-order valence-electron chi connectivity index (χ0n) is 11.2. The van der Waals surface area contributed by atoms with Crippen molar-refractivity contribution < 1.29 is 4.39 Å². The van der Waals surface area contributed by atoms with E-state index in [-0.39, 0.29) is 0 Å². The summed E-state index contributed by atoms with van der Waals surface area (Å²) in [6.45, 7) is 1.77. The van der Waals surface area contributed by atoms with Crippen LogP contribution in [-0.2, 0) is 7.05 Å². The Bertz CT molecular complexity index is 822. The van der Waals surface area contributed by atoms with Gasteiger partial charge in [0, 0.05) is 30.1 Å². The first-order valence-electron chi connectivity index (χ1n) is 6.12. The van der Waals surface area contributed by atoms with Crippen LogP contribution in [0.15, 0.2) is 24.4 Å². The van der Waals surface area contributed by atoms with E-state index < -0.39 is 5.82 Å². The molecule has 0 saturated carbocycles. The maximum absolute atomic E-state index is 14.1. The number of anilines is 2. The first kappa shape index (κ1) is 12.4. The van der Waals surface area contributed by atoms with Gasteiger partial charge in [-0.15, -0.1) is 0 Å². The van der Waals surface area contributed by atoms with Gasteiger partial charge in [0.25, 0.3) is 0 Å². The summed E-state index contributed by atoms with van der Waals surface area (Å²) in [5, 5.41) is 0.654. The molecule has 5 nitrogen and oxygen atoms in total. The van der Waals surface area contributed by atoms with E-state index >= 15 is 0 Å². The van der Waals surface area contributed by atoms with Crippen LogP contribution in [0.1, 0.15) is 5.82 Å². The van der Waals surface area contributed by atoms with Crippen molar-refractivity contribution in [3.63, 3.8) is 0 Å². The van der Waals surface area contributed by atoms with Gasteiger partial charge in [-0.2, -0.15) is 0 Å². The second-order valence-corrected chi connectivity index (χ2v) is 4.75. The van der Waals surface area contributed by atoms with E-state index in [1.54, 1.807) is 25.3 Å². The summed E-state index contributed by atoms with van der Waals surface area (Å²) >= 11 is 0. The van der Waals surface area contributed by atoms with Crippen LogP contribution in [0, 0.1) is 12.7 Å². The summed E-state index contributed by atoms with van der Waals surface area (Å²) in [7, 11) is 1.84. The minimum Gasteiger partial charge on any atom is -0.399 e. The van der Waals surface area contributed by atoms with Gasteiger partial charge in [-0.3, -0.25) is 0 Å². The molecule has 2 aromatic heterocycles. The Morgan fingerprint density at radius 1 is 1.15 bits per heavy atom. The molecule has 0 bridgehead atoms. The van der Waals surface area contributed by atoms with E-state index in [9.17, 15) is 4.39 Å². The summed E-state index contributed by atoms with van der Waals surface area (Å²) in [6.07, 6.45) is 1.80. The minimum atomic E-state index is -0.391. The molecular formula is C14H14FN5. The van der Waals surface area contributed by atoms with Gasteiger partial charge in [0.1, 0.15) is 23.1 Å². The highest BCUT2D eigenvalue weighted by Crippen LogP contribution is 2.34. The van der Waals surface area contributed by atoms with E-state index in [1.165, 1.54) is 6.07 Å². The summed E-state index contributed by atoms with van der Waals surface area (Å²) in [6, 6.07) is 4.58. The molecule has 20 heavy (non-hydrogen) atoms. The lowest BCUT2D eigenvalue weighted by atomic mass is 10.0. The van der Waals surface area contributed by atoms with Gasteiger partial charge in [0.15, 0.2) is 0 Å². The van der Waals surface area contributed by atoms with Crippen LogP contribution in [0.5, 0.6) is 0 Å². The van der Waals surface area contributed by atoms with Crippen molar-refractivity contribution in [1.29, 1.82) is 0 Å². The smallest absolute Gasteiger partial charge is 0.146 e. The standard InChI is InChI=1S/C14H14FN5/c1-7-18-13(17)12-10(6-20(2)14(12)19-7)9-4-3-8(16)5-11(9)15/h3-6H,16H2,1-2H3,(H2,17,18,19). The van der Waals surface area contributed by atoms with Gasteiger partial charge >= 0.3 is 0 Å². The number of aromatic nitrogens is 3. The molecule has 0 radical (unpaired) electrons. The minimum absolute atomic E-state index is 0.347. The van der Waals surface area contributed by atoms with Crippen LogP contribution < -0.4 is 11.5 Å². The number of rotatable bonds is 1. The third kappa shape index (κ3) is 1.77. The maximum Gasteiger partial charge on any atom is 0.146 e. The van der Waals surface area contributed by atoms with Crippen LogP contribution in [0.25, 0.3) is 22.2 Å². The summed E-state index contributed by atoms with van der Waals surface area (Å²) < 4.78 is 15.9. The molecule has 0 atom stereocenters. The quantitative estimate of drug-likeness (QED) is 0.665. The highest BCUT2D eigenvalue weighted by Gasteiger charge is 2.17. The zero-order chi connectivity index (χ0) is 14.4. The predicted octanol–water partition coefficient (Wildman–Crippen LogP) is 2.25. The molecule has 0 amide bonds. The van der Waals surface area contributed by atoms with Crippen molar-refractivity contribution in [1.82, 2.24) is 14.5 Å². The fourth-order valence-electron chi connectivity index (χ4n) is 2.37. The molecule has 3 rings (SSSR count). The monoisotopic (exact) mass is 271 g/mol. The maximum atomic E-state index is 14.1. The molecule has 3 aromatic rings. The van der Waals surface area contributed by atoms with Crippen molar-refractivity contribution in [3.8, 4) is 11.1 Å². The van der Waals surface area contributed by atoms with Gasteiger partial charge in [-0.05, 0) is 25.1 Å². The summed E-state index contributed by atoms with van der Waals surface area (Å²) in [5.74, 6) is 0.539. The average Bonchev–Trinajstić information content (AvgIpc) is 2.67. The molecule has 102 valence electrons. The first-order chi connectivity index (χ1) is 9.47. The lowest BCUT2D eigenvalue weighted by Gasteiger charge is -2.04. The van der Waals surface area contributed by atoms with Gasteiger partial charge in [-0.25, -0.2) is 14.4 Å². The van der Waals surface area contributed by atoms with Crippen LogP contribution in [0.2, 0.25) is 0 Å². The van der Waals surface area contributed by atoms with Crippen molar-refractivity contribution in [3.05, 3.63) is 36.0 Å². The zero-order valence-corrected chi connectivity index (χ0v) is 11.2. The number of nitrogen functional groups attached to an aromatic ring is 2. The molecule has 0 aliphatic heterocycles. The Labute approximate surface area is 115 Å². The van der Waals surface area contributed by atoms with E-state index in [0.717, 1.165) is 0 Å². The van der Waals surface area contributed by atoms with Gasteiger partial charge in [-0.1, -0.05) is 0 Å². The second-order valence-electron chi connectivity index (χ2n) is 4.75. The molecule has 6 heteroatoms. The number of hydrogen-bond acceptors (Lipinski definition) is 4. The largest absolute Gasteiger partial charge is 0.399 e. The van der Waals surface area contributed by atoms with E-state index in [1.807, 2.05) is 11.6 Å². The first-order valence-corrected chi connectivity index (χ1v) is 6.12. The predicted molar refractivity (Wildman–Crippen MR) is 77.5 cm³/mol. The molecule has 0 unspecified atom stereocenters. The second kappa shape index (κ2) is 4.19. The number of benzene rings is 1. The molecule has 0 fully saturated rings. The summed E-state index contributed by atoms with van der Waals surface area (Å²) in [4.78, 5) is 8.51. The van der Waals surface area contributed by atoms with Crippen molar-refractivity contribution in [2.75, 3.05) is 11.5 Å². The molecule has 0 aliphatic rings. The fraction of sp³-hybridized carbons (Fsp3) is 0.143. The SMILES string of the molecule is Cc1nc(N)c2c(-c3ccc(N)cc3F)cn(C)c2n1. The molecular weight excluding hydrogens is 257 g/mol. The third-order valence-electron chi connectivity index (χ3n) is 3.24. The molecule has 0 saturated heterocycles. The number of nitrogens with two attached hydrogens (primary N) is 2. The number of halogens is 1. The third-order valence-corrected chi connectivity index (χ3v) is 3.24. The number of aryl methyl sites for hydroxylation is 2. The summed E-state index contributed by atoms with van der Waals surface area (Å²) in [5.41, 5.74) is 13.7. The Balaban J connectivity index is 2.37. The molecule has 2 heterocycles. The van der Waals surface area contributed by atoms with E-state index in [4.69, 9.17) is 11.5 Å². The topological polar surface area (TPSA) is 82.7 Å². The van der Waals surface area contributed by atoms with Crippen LogP contribution in [0.4, 0.5) is 15.9 Å². The van der Waals surface area contributed by atoms with Gasteiger partial charge < -0.3 is 16.0 Å². The highest BCUT2D eigenvalue weighted by molar-refractivity contribution is 6.00. The number of fused-ring (bicyclic) bond motifs is 1. The molecule has 0 aliphatic carbocycles. The van der Waals surface area contributed by atoms with Crippen LogP contribution in [0.3, 0.4) is 0 Å². The Hall–Kier alpha value is -2.63. The average molecular weight is 271 g/mol. The van der Waals surface area contributed by atoms with Crippen LogP contribution in [-0.4, -0.2) is 14.5 Å². The Morgan fingerprint density at radius 3 is 2.60 bits per heavy atom. The Morgan fingerprint density at radius 2 is 1.90 bits per heavy atom. The van der Waals surface area contributed by atoms with Crippen molar-refractivity contribution in [2.24, 2.45) is 7.05 Å². The van der Waals surface area contributed by atoms with Crippen molar-refractivity contribution in [2.45, 2.75) is 6.92 Å².